The van der Waals surface area contributed by atoms with Crippen LogP contribution in [0.2, 0.25) is 15.2 Å². The van der Waals surface area contributed by atoms with E-state index in [1.54, 1.807) is 24.3 Å². The molecule has 2 aromatic heterocycles. The summed E-state index contributed by atoms with van der Waals surface area (Å²) in [5, 5.41) is 5.81. The zero-order chi connectivity index (χ0) is 17.6. The SMILES string of the molecule is Fc1ccc2nc(Cl)c(-c3ccc(Cl)cc3Cl)c(-n3cncn3)c2c1. The number of fused-ring (bicyclic) bond motifs is 1. The molecule has 0 atom stereocenters. The second-order valence-electron chi connectivity index (χ2n) is 5.25. The number of halogens is 4. The normalized spacial score (nSPS) is 11.2. The Morgan fingerprint density at radius 1 is 1.00 bits per heavy atom. The Labute approximate surface area is 156 Å². The zero-order valence-electron chi connectivity index (χ0n) is 12.4. The molecule has 4 aromatic rings. The standard InChI is InChI=1S/C17H8Cl3FN4/c18-9-1-3-11(13(19)5-9)15-16(25-8-22-7-23-25)12-6-10(21)2-4-14(12)24-17(15)20/h1-8H. The third-order valence-electron chi connectivity index (χ3n) is 3.72. The fourth-order valence-corrected chi connectivity index (χ4v) is 3.47. The van der Waals surface area contributed by atoms with Gasteiger partial charge in [-0.25, -0.2) is 19.0 Å². The first-order chi connectivity index (χ1) is 12.0. The van der Waals surface area contributed by atoms with Gasteiger partial charge in [0.1, 0.15) is 23.6 Å². The summed E-state index contributed by atoms with van der Waals surface area (Å²) in [6, 6.07) is 9.30. The van der Waals surface area contributed by atoms with Crippen molar-refractivity contribution in [2.24, 2.45) is 0 Å². The lowest BCUT2D eigenvalue weighted by Gasteiger charge is -2.15. The van der Waals surface area contributed by atoms with E-state index in [0.29, 0.717) is 37.8 Å². The van der Waals surface area contributed by atoms with Gasteiger partial charge in [-0.05, 0) is 30.3 Å². The first kappa shape index (κ1) is 16.3. The lowest BCUT2D eigenvalue weighted by molar-refractivity contribution is 0.629. The minimum Gasteiger partial charge on any atom is -0.235 e. The van der Waals surface area contributed by atoms with E-state index in [1.165, 1.54) is 29.5 Å². The highest BCUT2D eigenvalue weighted by Gasteiger charge is 2.20. The van der Waals surface area contributed by atoms with Crippen LogP contribution in [0, 0.1) is 5.82 Å². The predicted octanol–water partition coefficient (Wildman–Crippen LogP) is 5.58. The molecule has 25 heavy (non-hydrogen) atoms. The summed E-state index contributed by atoms with van der Waals surface area (Å²) in [4.78, 5) is 8.34. The Morgan fingerprint density at radius 2 is 1.84 bits per heavy atom. The van der Waals surface area contributed by atoms with Crippen LogP contribution in [0.4, 0.5) is 4.39 Å². The van der Waals surface area contributed by atoms with Crippen LogP contribution in [0.1, 0.15) is 0 Å². The molecular weight excluding hydrogens is 386 g/mol. The van der Waals surface area contributed by atoms with Gasteiger partial charge in [-0.3, -0.25) is 0 Å². The molecule has 0 bridgehead atoms. The van der Waals surface area contributed by atoms with Crippen LogP contribution in [0.3, 0.4) is 0 Å². The molecule has 0 N–H and O–H groups in total. The van der Waals surface area contributed by atoms with Crippen molar-refractivity contribution in [3.8, 4) is 16.8 Å². The molecular formula is C17H8Cl3FN4. The summed E-state index contributed by atoms with van der Waals surface area (Å²) >= 11 is 18.8. The van der Waals surface area contributed by atoms with Gasteiger partial charge in [-0.2, -0.15) is 5.10 Å². The van der Waals surface area contributed by atoms with Gasteiger partial charge >= 0.3 is 0 Å². The van der Waals surface area contributed by atoms with Crippen molar-refractivity contribution in [1.82, 2.24) is 19.7 Å². The highest BCUT2D eigenvalue weighted by molar-refractivity contribution is 6.38. The van der Waals surface area contributed by atoms with Gasteiger partial charge < -0.3 is 0 Å². The number of hydrogen-bond acceptors (Lipinski definition) is 3. The minimum absolute atomic E-state index is 0.217. The highest BCUT2D eigenvalue weighted by atomic mass is 35.5. The van der Waals surface area contributed by atoms with Crippen LogP contribution in [-0.2, 0) is 0 Å². The third-order valence-corrected chi connectivity index (χ3v) is 4.55. The van der Waals surface area contributed by atoms with Crippen LogP contribution in [-0.4, -0.2) is 19.7 Å². The summed E-state index contributed by atoms with van der Waals surface area (Å²) in [5.74, 6) is -0.397. The molecule has 8 heteroatoms. The fraction of sp³-hybridized carbons (Fsp3) is 0. The Bertz CT molecular complexity index is 1100. The van der Waals surface area contributed by atoms with Gasteiger partial charge in [0.2, 0.25) is 0 Å². The second-order valence-corrected chi connectivity index (χ2v) is 6.45. The summed E-state index contributed by atoms with van der Waals surface area (Å²) in [7, 11) is 0. The minimum atomic E-state index is -0.397. The lowest BCUT2D eigenvalue weighted by Crippen LogP contribution is -2.02. The Balaban J connectivity index is 2.16. The molecule has 0 amide bonds. The van der Waals surface area contributed by atoms with Gasteiger partial charge in [0.25, 0.3) is 0 Å². The first-order valence-electron chi connectivity index (χ1n) is 7.14. The summed E-state index contributed by atoms with van der Waals surface area (Å²) in [6.07, 6.45) is 2.88. The molecule has 0 unspecified atom stereocenters. The number of rotatable bonds is 2. The number of pyridine rings is 1. The summed E-state index contributed by atoms with van der Waals surface area (Å²) in [5.41, 5.74) is 2.20. The third kappa shape index (κ3) is 2.84. The maximum atomic E-state index is 13.9. The maximum absolute atomic E-state index is 13.9. The van der Waals surface area contributed by atoms with Crippen molar-refractivity contribution in [2.45, 2.75) is 0 Å². The van der Waals surface area contributed by atoms with Crippen molar-refractivity contribution in [1.29, 1.82) is 0 Å². The van der Waals surface area contributed by atoms with E-state index in [0.717, 1.165) is 0 Å². The Hall–Kier alpha value is -2.21. The number of hydrogen-bond donors (Lipinski definition) is 0. The lowest BCUT2D eigenvalue weighted by atomic mass is 10.0. The van der Waals surface area contributed by atoms with E-state index in [-0.39, 0.29) is 5.15 Å². The molecule has 0 saturated heterocycles. The molecule has 0 spiro atoms. The van der Waals surface area contributed by atoms with Crippen LogP contribution in [0.25, 0.3) is 27.7 Å². The van der Waals surface area contributed by atoms with E-state index >= 15 is 0 Å². The van der Waals surface area contributed by atoms with Gasteiger partial charge in [0, 0.05) is 21.5 Å². The van der Waals surface area contributed by atoms with Gasteiger partial charge in [-0.15, -0.1) is 0 Å². The predicted molar refractivity (Wildman–Crippen MR) is 97.1 cm³/mol. The quantitative estimate of drug-likeness (QED) is 0.417. The fourth-order valence-electron chi connectivity index (χ4n) is 2.68. The molecule has 0 fully saturated rings. The zero-order valence-corrected chi connectivity index (χ0v) is 14.7. The van der Waals surface area contributed by atoms with Crippen molar-refractivity contribution in [3.05, 3.63) is 70.1 Å². The second kappa shape index (κ2) is 6.26. The Morgan fingerprint density at radius 3 is 2.56 bits per heavy atom. The maximum Gasteiger partial charge on any atom is 0.139 e. The average Bonchev–Trinajstić information content (AvgIpc) is 3.09. The number of nitrogens with zero attached hydrogens (tertiary/aromatic N) is 4. The molecule has 4 nitrogen and oxygen atoms in total. The van der Waals surface area contributed by atoms with E-state index in [1.807, 2.05) is 0 Å². The van der Waals surface area contributed by atoms with E-state index in [9.17, 15) is 4.39 Å². The molecule has 4 rings (SSSR count). The molecule has 0 saturated carbocycles. The molecule has 2 aromatic carbocycles. The largest absolute Gasteiger partial charge is 0.235 e. The Kier molecular flexibility index (Phi) is 4.07. The molecule has 2 heterocycles. The van der Waals surface area contributed by atoms with E-state index in [4.69, 9.17) is 34.8 Å². The van der Waals surface area contributed by atoms with Crippen LogP contribution in [0.15, 0.2) is 49.1 Å². The number of aromatic nitrogens is 4. The van der Waals surface area contributed by atoms with Crippen molar-refractivity contribution >= 4 is 45.7 Å². The first-order valence-corrected chi connectivity index (χ1v) is 8.27. The monoisotopic (exact) mass is 392 g/mol. The summed E-state index contributed by atoms with van der Waals surface area (Å²) < 4.78 is 15.4. The highest BCUT2D eigenvalue weighted by Crippen LogP contribution is 2.41. The van der Waals surface area contributed by atoms with Gasteiger partial charge in [0.15, 0.2) is 0 Å². The van der Waals surface area contributed by atoms with Gasteiger partial charge in [0.05, 0.1) is 16.2 Å². The van der Waals surface area contributed by atoms with E-state index < -0.39 is 5.82 Å². The average molecular weight is 394 g/mol. The molecule has 0 aliphatic heterocycles. The molecule has 0 radical (unpaired) electrons. The number of benzene rings is 2. The van der Waals surface area contributed by atoms with Crippen LogP contribution < -0.4 is 0 Å². The topological polar surface area (TPSA) is 43.6 Å². The van der Waals surface area contributed by atoms with Gasteiger partial charge in [-0.1, -0.05) is 40.9 Å². The molecule has 0 aliphatic rings. The van der Waals surface area contributed by atoms with Crippen LogP contribution >= 0.6 is 34.8 Å². The van der Waals surface area contributed by atoms with Crippen molar-refractivity contribution in [2.75, 3.05) is 0 Å². The van der Waals surface area contributed by atoms with Crippen LogP contribution in [0.5, 0.6) is 0 Å². The molecule has 0 aliphatic carbocycles. The van der Waals surface area contributed by atoms with Crippen molar-refractivity contribution in [3.63, 3.8) is 0 Å². The van der Waals surface area contributed by atoms with Crippen molar-refractivity contribution < 1.29 is 4.39 Å². The van der Waals surface area contributed by atoms with E-state index in [2.05, 4.69) is 15.1 Å². The summed E-state index contributed by atoms with van der Waals surface area (Å²) in [6.45, 7) is 0. The molecule has 124 valence electrons. The smallest absolute Gasteiger partial charge is 0.139 e.